The fourth-order valence-electron chi connectivity index (χ4n) is 3.66. The van der Waals surface area contributed by atoms with E-state index in [1.54, 1.807) is 15.8 Å². The summed E-state index contributed by atoms with van der Waals surface area (Å²) in [4.78, 5) is 18.5. The molecule has 152 valence electrons. The normalized spacial score (nSPS) is 19.7. The monoisotopic (exact) mass is 408 g/mol. The third-order valence-electron chi connectivity index (χ3n) is 5.44. The predicted octanol–water partition coefficient (Wildman–Crippen LogP) is 0.421. The van der Waals surface area contributed by atoms with Crippen LogP contribution in [0.25, 0.3) is 0 Å². The summed E-state index contributed by atoms with van der Waals surface area (Å²) in [5.41, 5.74) is 0. The number of carbonyl (C=O) groups is 1. The average molecular weight is 408 g/mol. The molecule has 0 N–H and O–H groups in total. The van der Waals surface area contributed by atoms with E-state index in [1.165, 1.54) is 10.6 Å². The van der Waals surface area contributed by atoms with Gasteiger partial charge in [0.25, 0.3) is 0 Å². The Morgan fingerprint density at radius 2 is 2.00 bits per heavy atom. The Hall–Kier alpha value is -2.27. The summed E-state index contributed by atoms with van der Waals surface area (Å²) in [6.45, 7) is 2.72. The number of nitrogens with zero attached hydrogens (tertiary/aromatic N) is 6. The summed E-state index contributed by atoms with van der Waals surface area (Å²) in [6, 6.07) is 1.84. The molecular weight excluding hydrogens is 384 g/mol. The molecule has 2 aliphatic heterocycles. The Balaban J connectivity index is 1.25. The van der Waals surface area contributed by atoms with Gasteiger partial charge in [0.2, 0.25) is 21.8 Å². The van der Waals surface area contributed by atoms with E-state index >= 15 is 0 Å². The van der Waals surface area contributed by atoms with Crippen LogP contribution in [-0.4, -0.2) is 75.9 Å². The van der Waals surface area contributed by atoms with Crippen molar-refractivity contribution in [2.75, 3.05) is 32.4 Å². The van der Waals surface area contributed by atoms with Crippen LogP contribution in [0.5, 0.6) is 0 Å². The average Bonchev–Trinajstić information content (AvgIpc) is 3.30. The van der Waals surface area contributed by atoms with Gasteiger partial charge >= 0.3 is 0 Å². The third-order valence-corrected chi connectivity index (χ3v) is 6.75. The maximum Gasteiger partial charge on any atom is 0.233 e. The minimum Gasteiger partial charge on any atom is -0.341 e. The van der Waals surface area contributed by atoms with Crippen LogP contribution in [0.15, 0.2) is 23.0 Å². The standard InChI is InChI=1S/C17H24N6O4S/c1-28(25,26)23-9-3-13(4-10-23)16-19-17(27-20-16)14-11-21(12-14)15(24)5-8-22-7-2-6-18-22/h2,6-7,13-14H,3-5,8-12H2,1H3. The Bertz CT molecular complexity index is 911. The number of aromatic nitrogens is 4. The number of aryl methyl sites for hydroxylation is 1. The second kappa shape index (κ2) is 7.63. The summed E-state index contributed by atoms with van der Waals surface area (Å²) in [5.74, 6) is 1.50. The van der Waals surface area contributed by atoms with Gasteiger partial charge in [0.15, 0.2) is 5.82 Å². The molecule has 0 spiro atoms. The van der Waals surface area contributed by atoms with Crippen molar-refractivity contribution in [2.24, 2.45) is 0 Å². The lowest BCUT2D eigenvalue weighted by molar-refractivity contribution is -0.136. The molecule has 2 aromatic rings. The molecular formula is C17H24N6O4S. The maximum absolute atomic E-state index is 12.2. The SMILES string of the molecule is CS(=O)(=O)N1CCC(c2noc(C3CN(C(=O)CCn4cccn4)C3)n2)CC1. The first-order chi connectivity index (χ1) is 13.4. The Kier molecular flexibility index (Phi) is 5.19. The summed E-state index contributed by atoms with van der Waals surface area (Å²) in [5, 5.41) is 8.20. The van der Waals surface area contributed by atoms with Gasteiger partial charge in [-0.15, -0.1) is 0 Å². The van der Waals surface area contributed by atoms with Crippen LogP contribution in [0, 0.1) is 0 Å². The Labute approximate surface area is 163 Å². The molecule has 10 nitrogen and oxygen atoms in total. The van der Waals surface area contributed by atoms with Gasteiger partial charge in [0, 0.05) is 57.5 Å². The number of likely N-dealkylation sites (tertiary alicyclic amines) is 1. The van der Waals surface area contributed by atoms with Crippen molar-refractivity contribution in [2.45, 2.75) is 37.6 Å². The molecule has 2 saturated heterocycles. The van der Waals surface area contributed by atoms with Crippen LogP contribution >= 0.6 is 0 Å². The number of piperidine rings is 1. The van der Waals surface area contributed by atoms with Crippen molar-refractivity contribution >= 4 is 15.9 Å². The van der Waals surface area contributed by atoms with E-state index in [-0.39, 0.29) is 17.7 Å². The van der Waals surface area contributed by atoms with Gasteiger partial charge in [-0.25, -0.2) is 12.7 Å². The summed E-state index contributed by atoms with van der Waals surface area (Å²) < 4.78 is 31.9. The lowest BCUT2D eigenvalue weighted by Crippen LogP contribution is -2.48. The summed E-state index contributed by atoms with van der Waals surface area (Å²) in [6.07, 6.45) is 6.57. The zero-order chi connectivity index (χ0) is 19.7. The van der Waals surface area contributed by atoms with Crippen molar-refractivity contribution in [3.05, 3.63) is 30.2 Å². The highest BCUT2D eigenvalue weighted by Gasteiger charge is 2.36. The highest BCUT2D eigenvalue weighted by molar-refractivity contribution is 7.88. The molecule has 0 radical (unpaired) electrons. The van der Waals surface area contributed by atoms with Crippen molar-refractivity contribution in [1.82, 2.24) is 29.1 Å². The van der Waals surface area contributed by atoms with Gasteiger partial charge in [-0.3, -0.25) is 9.48 Å². The molecule has 4 heterocycles. The molecule has 4 rings (SSSR count). The van der Waals surface area contributed by atoms with Gasteiger partial charge < -0.3 is 9.42 Å². The molecule has 2 fully saturated rings. The highest BCUT2D eigenvalue weighted by atomic mass is 32.2. The Morgan fingerprint density at radius 3 is 2.64 bits per heavy atom. The fourth-order valence-corrected chi connectivity index (χ4v) is 4.54. The molecule has 0 saturated carbocycles. The van der Waals surface area contributed by atoms with E-state index in [0.29, 0.717) is 63.7 Å². The molecule has 11 heteroatoms. The van der Waals surface area contributed by atoms with Crippen molar-refractivity contribution in [3.63, 3.8) is 0 Å². The van der Waals surface area contributed by atoms with E-state index in [9.17, 15) is 13.2 Å². The lowest BCUT2D eigenvalue weighted by Gasteiger charge is -2.37. The molecule has 2 aliphatic rings. The predicted molar refractivity (Wildman–Crippen MR) is 98.9 cm³/mol. The minimum atomic E-state index is -3.14. The first-order valence-corrected chi connectivity index (χ1v) is 11.3. The zero-order valence-electron chi connectivity index (χ0n) is 15.8. The number of sulfonamides is 1. The van der Waals surface area contributed by atoms with Crippen molar-refractivity contribution < 1.29 is 17.7 Å². The van der Waals surface area contributed by atoms with E-state index in [1.807, 2.05) is 12.3 Å². The molecule has 2 aromatic heterocycles. The van der Waals surface area contributed by atoms with Gasteiger partial charge in [-0.05, 0) is 18.9 Å². The number of hydrogen-bond acceptors (Lipinski definition) is 7. The van der Waals surface area contributed by atoms with Crippen LogP contribution in [-0.2, 0) is 21.4 Å². The molecule has 28 heavy (non-hydrogen) atoms. The van der Waals surface area contributed by atoms with Gasteiger partial charge in [-0.1, -0.05) is 5.16 Å². The maximum atomic E-state index is 12.2. The number of amides is 1. The van der Waals surface area contributed by atoms with Gasteiger partial charge in [-0.2, -0.15) is 10.1 Å². The molecule has 0 atom stereocenters. The van der Waals surface area contributed by atoms with Crippen LogP contribution in [0.3, 0.4) is 0 Å². The molecule has 0 aliphatic carbocycles. The topological polar surface area (TPSA) is 114 Å². The zero-order valence-corrected chi connectivity index (χ0v) is 16.6. The molecule has 0 aromatic carbocycles. The van der Waals surface area contributed by atoms with Crippen LogP contribution in [0.2, 0.25) is 0 Å². The van der Waals surface area contributed by atoms with Crippen LogP contribution in [0.4, 0.5) is 0 Å². The number of carbonyl (C=O) groups excluding carboxylic acids is 1. The quantitative estimate of drug-likeness (QED) is 0.680. The summed E-state index contributed by atoms with van der Waals surface area (Å²) in [7, 11) is -3.14. The van der Waals surface area contributed by atoms with Gasteiger partial charge in [0.05, 0.1) is 12.2 Å². The highest BCUT2D eigenvalue weighted by Crippen LogP contribution is 2.31. The van der Waals surface area contributed by atoms with Crippen LogP contribution < -0.4 is 0 Å². The molecule has 1 amide bonds. The van der Waals surface area contributed by atoms with E-state index in [2.05, 4.69) is 15.2 Å². The molecule has 0 bridgehead atoms. The minimum absolute atomic E-state index is 0.0750. The second-order valence-electron chi connectivity index (χ2n) is 7.44. The van der Waals surface area contributed by atoms with E-state index in [0.717, 1.165) is 0 Å². The third kappa shape index (κ3) is 4.09. The largest absolute Gasteiger partial charge is 0.341 e. The smallest absolute Gasteiger partial charge is 0.233 e. The molecule has 0 unspecified atom stereocenters. The number of hydrogen-bond donors (Lipinski definition) is 0. The second-order valence-corrected chi connectivity index (χ2v) is 9.42. The van der Waals surface area contributed by atoms with Crippen molar-refractivity contribution in [1.29, 1.82) is 0 Å². The van der Waals surface area contributed by atoms with Gasteiger partial charge in [0.1, 0.15) is 0 Å². The van der Waals surface area contributed by atoms with Crippen molar-refractivity contribution in [3.8, 4) is 0 Å². The number of rotatable bonds is 6. The van der Waals surface area contributed by atoms with E-state index in [4.69, 9.17) is 4.52 Å². The lowest BCUT2D eigenvalue weighted by atomic mass is 9.97. The first-order valence-electron chi connectivity index (χ1n) is 9.44. The van der Waals surface area contributed by atoms with E-state index < -0.39 is 10.0 Å². The fraction of sp³-hybridized carbons (Fsp3) is 0.647. The summed E-state index contributed by atoms with van der Waals surface area (Å²) >= 11 is 0. The Morgan fingerprint density at radius 1 is 1.25 bits per heavy atom. The first kappa shape index (κ1) is 19.1. The van der Waals surface area contributed by atoms with Crippen LogP contribution in [0.1, 0.15) is 42.8 Å².